The summed E-state index contributed by atoms with van der Waals surface area (Å²) in [4.78, 5) is 40.7. The zero-order chi connectivity index (χ0) is 26.5. The molecule has 0 saturated carbocycles. The van der Waals surface area contributed by atoms with Gasteiger partial charge in [0.2, 0.25) is 11.5 Å². The molecule has 9 nitrogen and oxygen atoms in total. The second-order valence-electron chi connectivity index (χ2n) is 8.13. The lowest BCUT2D eigenvalue weighted by atomic mass is 10.2. The first kappa shape index (κ1) is 24.7. The van der Waals surface area contributed by atoms with Crippen LogP contribution in [0.4, 0.5) is 5.69 Å². The number of rotatable bonds is 7. The van der Waals surface area contributed by atoms with Crippen LogP contribution in [0.3, 0.4) is 0 Å². The van der Waals surface area contributed by atoms with E-state index in [9.17, 15) is 9.59 Å². The summed E-state index contributed by atoms with van der Waals surface area (Å²) in [5.41, 5.74) is 2.38. The number of H-pyrrole nitrogens is 1. The maximum Gasteiger partial charge on any atom is 0.354 e. The molecule has 0 amide bonds. The molecule has 0 aliphatic carbocycles. The van der Waals surface area contributed by atoms with Gasteiger partial charge in [-0.15, -0.1) is 0 Å². The molecule has 5 rings (SSSR count). The van der Waals surface area contributed by atoms with E-state index in [4.69, 9.17) is 21.4 Å². The zero-order valence-corrected chi connectivity index (χ0v) is 20.5. The van der Waals surface area contributed by atoms with Gasteiger partial charge in [-0.1, -0.05) is 35.9 Å². The van der Waals surface area contributed by atoms with E-state index in [-0.39, 0.29) is 23.7 Å². The molecular weight excluding hydrogens is 506 g/mol. The fourth-order valence-electron chi connectivity index (χ4n) is 3.66. The summed E-state index contributed by atoms with van der Waals surface area (Å²) < 4.78 is 7.21. The molecule has 0 bridgehead atoms. The Morgan fingerprint density at radius 3 is 2.50 bits per heavy atom. The number of benzene rings is 2. The summed E-state index contributed by atoms with van der Waals surface area (Å²) in [6, 6.07) is 23.9. The van der Waals surface area contributed by atoms with E-state index >= 15 is 0 Å². The summed E-state index contributed by atoms with van der Waals surface area (Å²) in [6.07, 6.45) is 3.23. The molecule has 0 radical (unpaired) electrons. The van der Waals surface area contributed by atoms with Gasteiger partial charge in [-0.2, -0.15) is 0 Å². The van der Waals surface area contributed by atoms with Crippen molar-refractivity contribution < 1.29 is 14.6 Å². The van der Waals surface area contributed by atoms with Crippen LogP contribution in [0.5, 0.6) is 11.6 Å². The SMILES string of the molecule is O=C(O)c1cccc(Oc2ccc(/N=c3\[nH]cc(-c4ccccn4)c(=O)n3Cc3ccc(Cl)cc3)cc2)n1. The van der Waals surface area contributed by atoms with Crippen molar-refractivity contribution in [1.82, 2.24) is 19.5 Å². The largest absolute Gasteiger partial charge is 0.477 e. The van der Waals surface area contributed by atoms with E-state index in [0.29, 0.717) is 33.3 Å². The molecule has 2 aromatic carbocycles. The quantitative estimate of drug-likeness (QED) is 0.306. The van der Waals surface area contributed by atoms with Crippen molar-refractivity contribution in [2.24, 2.45) is 4.99 Å². The predicted molar refractivity (Wildman–Crippen MR) is 142 cm³/mol. The predicted octanol–water partition coefficient (Wildman–Crippen LogP) is 5.06. The van der Waals surface area contributed by atoms with Crippen LogP contribution in [0.2, 0.25) is 5.02 Å². The number of pyridine rings is 2. The van der Waals surface area contributed by atoms with Crippen LogP contribution in [0.25, 0.3) is 11.3 Å². The van der Waals surface area contributed by atoms with Gasteiger partial charge in [-0.3, -0.25) is 14.3 Å². The molecule has 0 saturated heterocycles. The number of nitrogens with one attached hydrogen (secondary N) is 1. The Bertz CT molecular complexity index is 1710. The fourth-order valence-corrected chi connectivity index (χ4v) is 3.78. The molecule has 0 unspecified atom stereocenters. The van der Waals surface area contributed by atoms with Crippen molar-refractivity contribution in [1.29, 1.82) is 0 Å². The van der Waals surface area contributed by atoms with Crippen LogP contribution >= 0.6 is 11.6 Å². The molecule has 10 heteroatoms. The Morgan fingerprint density at radius 1 is 1.00 bits per heavy atom. The molecule has 0 atom stereocenters. The molecule has 3 heterocycles. The smallest absolute Gasteiger partial charge is 0.354 e. The second-order valence-corrected chi connectivity index (χ2v) is 8.57. The van der Waals surface area contributed by atoms with Crippen LogP contribution in [-0.2, 0) is 6.54 Å². The number of hydrogen-bond acceptors (Lipinski definition) is 6. The van der Waals surface area contributed by atoms with E-state index < -0.39 is 5.97 Å². The highest BCUT2D eigenvalue weighted by molar-refractivity contribution is 6.30. The monoisotopic (exact) mass is 525 g/mol. The maximum absolute atomic E-state index is 13.5. The summed E-state index contributed by atoms with van der Waals surface area (Å²) in [5, 5.41) is 9.72. The van der Waals surface area contributed by atoms with Crippen LogP contribution in [0, 0.1) is 0 Å². The average Bonchev–Trinajstić information content (AvgIpc) is 2.93. The minimum absolute atomic E-state index is 0.113. The van der Waals surface area contributed by atoms with Gasteiger partial charge >= 0.3 is 5.97 Å². The number of aromatic carboxylic acids is 1. The van der Waals surface area contributed by atoms with E-state index in [2.05, 4.69) is 19.9 Å². The third kappa shape index (κ3) is 5.69. The van der Waals surface area contributed by atoms with Gasteiger partial charge < -0.3 is 14.8 Å². The molecule has 0 aliphatic heterocycles. The van der Waals surface area contributed by atoms with Gasteiger partial charge in [0.15, 0.2) is 5.69 Å². The molecule has 2 N–H and O–H groups in total. The van der Waals surface area contributed by atoms with Crippen molar-refractivity contribution in [3.05, 3.63) is 130 Å². The van der Waals surface area contributed by atoms with Gasteiger partial charge in [0.25, 0.3) is 5.56 Å². The fraction of sp³-hybridized carbons (Fsp3) is 0.0357. The third-order valence-corrected chi connectivity index (χ3v) is 5.76. The number of ether oxygens (including phenoxy) is 1. The number of carbonyl (C=O) groups is 1. The highest BCUT2D eigenvalue weighted by Gasteiger charge is 2.11. The normalized spacial score (nSPS) is 11.3. The standard InChI is InChI=1S/C28H20ClN5O4/c29-19-9-7-18(8-10-19)17-34-26(35)22(23-4-1-2-15-30-23)16-31-28(34)32-20-11-13-21(14-12-20)38-25-6-3-5-24(33-25)27(36)37/h1-16H,17H2,(H,31,32)(H,36,37). The van der Waals surface area contributed by atoms with Crippen LogP contribution in [0.1, 0.15) is 16.1 Å². The first-order valence-electron chi connectivity index (χ1n) is 11.5. The van der Waals surface area contributed by atoms with Crippen molar-refractivity contribution in [3.8, 4) is 22.9 Å². The Balaban J connectivity index is 1.50. The number of hydrogen-bond donors (Lipinski definition) is 2. The topological polar surface area (TPSA) is 122 Å². The highest BCUT2D eigenvalue weighted by Crippen LogP contribution is 2.23. The van der Waals surface area contributed by atoms with Crippen LogP contribution < -0.4 is 15.9 Å². The van der Waals surface area contributed by atoms with Crippen molar-refractivity contribution >= 4 is 23.3 Å². The molecular formula is C28H20ClN5O4. The summed E-state index contributed by atoms with van der Waals surface area (Å²) in [6.45, 7) is 0.263. The van der Waals surface area contributed by atoms with Gasteiger partial charge in [0.05, 0.1) is 23.5 Å². The van der Waals surface area contributed by atoms with Crippen molar-refractivity contribution in [3.63, 3.8) is 0 Å². The number of aromatic amines is 1. The number of halogens is 1. The molecule has 0 fully saturated rings. The Morgan fingerprint density at radius 2 is 1.79 bits per heavy atom. The minimum atomic E-state index is -1.14. The van der Waals surface area contributed by atoms with E-state index in [1.165, 1.54) is 6.07 Å². The van der Waals surface area contributed by atoms with E-state index in [0.717, 1.165) is 5.56 Å². The Labute approximate surface area is 221 Å². The lowest BCUT2D eigenvalue weighted by Gasteiger charge is -2.10. The number of carboxylic acids is 1. The molecule has 188 valence electrons. The minimum Gasteiger partial charge on any atom is -0.477 e. The molecule has 3 aromatic heterocycles. The van der Waals surface area contributed by atoms with Gasteiger partial charge in [-0.25, -0.2) is 14.8 Å². The summed E-state index contributed by atoms with van der Waals surface area (Å²) in [7, 11) is 0. The Kier molecular flexibility index (Phi) is 7.10. The van der Waals surface area contributed by atoms with Gasteiger partial charge in [0.1, 0.15) is 5.75 Å². The number of nitrogens with zero attached hydrogens (tertiary/aromatic N) is 4. The Hall–Kier alpha value is -5.02. The first-order valence-corrected chi connectivity index (χ1v) is 11.9. The maximum atomic E-state index is 13.5. The van der Waals surface area contributed by atoms with Crippen molar-refractivity contribution in [2.45, 2.75) is 6.54 Å². The van der Waals surface area contributed by atoms with Crippen molar-refractivity contribution in [2.75, 3.05) is 0 Å². The van der Waals surface area contributed by atoms with E-state index in [1.54, 1.807) is 77.6 Å². The number of carboxylic acid groups (broad SMARTS) is 1. The molecule has 5 aromatic rings. The molecule has 0 spiro atoms. The first-order chi connectivity index (χ1) is 18.5. The van der Waals surface area contributed by atoms with Gasteiger partial charge in [0, 0.05) is 23.5 Å². The summed E-state index contributed by atoms with van der Waals surface area (Å²) in [5.74, 6) is -0.531. The highest BCUT2D eigenvalue weighted by atomic mass is 35.5. The second kappa shape index (κ2) is 10.9. The third-order valence-electron chi connectivity index (χ3n) is 5.51. The lowest BCUT2D eigenvalue weighted by molar-refractivity contribution is 0.0689. The van der Waals surface area contributed by atoms with Crippen LogP contribution in [-0.4, -0.2) is 30.6 Å². The lowest BCUT2D eigenvalue weighted by Crippen LogP contribution is -2.36. The average molecular weight is 526 g/mol. The zero-order valence-electron chi connectivity index (χ0n) is 19.8. The van der Waals surface area contributed by atoms with Gasteiger partial charge in [-0.05, 0) is 60.2 Å². The van der Waals surface area contributed by atoms with Crippen LogP contribution in [0.15, 0.2) is 107 Å². The molecule has 38 heavy (non-hydrogen) atoms. The summed E-state index contributed by atoms with van der Waals surface area (Å²) >= 11 is 6.03. The number of aromatic nitrogens is 4. The van der Waals surface area contributed by atoms with E-state index in [1.807, 2.05) is 18.2 Å². The molecule has 0 aliphatic rings.